The van der Waals surface area contributed by atoms with E-state index >= 15 is 0 Å². The highest BCUT2D eigenvalue weighted by atomic mass is 16.5. The van der Waals surface area contributed by atoms with E-state index in [1.54, 1.807) is 19.2 Å². The molecule has 1 saturated heterocycles. The second-order valence-corrected chi connectivity index (χ2v) is 4.68. The molecule has 6 heteroatoms. The van der Waals surface area contributed by atoms with Crippen LogP contribution >= 0.6 is 0 Å². The molecule has 0 spiro atoms. The number of carbonyl (C=O) groups excluding carboxylic acids is 2. The SMILES string of the molecule is COCCCC1NC(=O)N(c2ccc(CN)cc2)C1=O. The molecule has 1 aliphatic heterocycles. The summed E-state index contributed by atoms with van der Waals surface area (Å²) in [7, 11) is 1.61. The molecule has 0 saturated carbocycles. The number of nitrogens with two attached hydrogens (primary N) is 1. The van der Waals surface area contributed by atoms with Crippen molar-refractivity contribution in [3.8, 4) is 0 Å². The summed E-state index contributed by atoms with van der Waals surface area (Å²) in [6.45, 7) is 1.00. The van der Waals surface area contributed by atoms with Crippen molar-refractivity contribution in [2.24, 2.45) is 5.73 Å². The first kappa shape index (κ1) is 14.5. The van der Waals surface area contributed by atoms with Gasteiger partial charge in [-0.1, -0.05) is 12.1 Å². The van der Waals surface area contributed by atoms with E-state index in [-0.39, 0.29) is 11.9 Å². The van der Waals surface area contributed by atoms with Crippen LogP contribution in [0.15, 0.2) is 24.3 Å². The highest BCUT2D eigenvalue weighted by Gasteiger charge is 2.38. The maximum absolute atomic E-state index is 12.2. The van der Waals surface area contributed by atoms with Crippen LogP contribution in [0.3, 0.4) is 0 Å². The monoisotopic (exact) mass is 277 g/mol. The van der Waals surface area contributed by atoms with Gasteiger partial charge >= 0.3 is 6.03 Å². The van der Waals surface area contributed by atoms with Crippen molar-refractivity contribution in [1.82, 2.24) is 5.32 Å². The van der Waals surface area contributed by atoms with Gasteiger partial charge in [-0.2, -0.15) is 0 Å². The molecule has 6 nitrogen and oxygen atoms in total. The molecule has 1 aromatic carbocycles. The van der Waals surface area contributed by atoms with E-state index in [2.05, 4.69) is 5.32 Å². The third-order valence-electron chi connectivity index (χ3n) is 3.29. The Kier molecular flexibility index (Phi) is 4.70. The molecule has 1 unspecified atom stereocenters. The van der Waals surface area contributed by atoms with Gasteiger partial charge in [0, 0.05) is 20.3 Å². The largest absolute Gasteiger partial charge is 0.385 e. The summed E-state index contributed by atoms with van der Waals surface area (Å²) >= 11 is 0. The van der Waals surface area contributed by atoms with Gasteiger partial charge in [0.2, 0.25) is 0 Å². The number of rotatable bonds is 6. The van der Waals surface area contributed by atoms with E-state index in [0.29, 0.717) is 25.3 Å². The van der Waals surface area contributed by atoms with Gasteiger partial charge in [0.15, 0.2) is 0 Å². The number of amides is 3. The second kappa shape index (κ2) is 6.49. The van der Waals surface area contributed by atoms with Gasteiger partial charge in [-0.25, -0.2) is 9.69 Å². The van der Waals surface area contributed by atoms with Crippen LogP contribution in [0.4, 0.5) is 10.5 Å². The third-order valence-corrected chi connectivity index (χ3v) is 3.29. The number of benzene rings is 1. The zero-order chi connectivity index (χ0) is 14.5. The molecule has 0 aliphatic carbocycles. The molecule has 108 valence electrons. The number of ether oxygens (including phenoxy) is 1. The number of nitrogens with zero attached hydrogens (tertiary/aromatic N) is 1. The molecule has 3 amide bonds. The molecule has 1 heterocycles. The van der Waals surface area contributed by atoms with Crippen molar-refractivity contribution in [3.05, 3.63) is 29.8 Å². The van der Waals surface area contributed by atoms with Crippen molar-refractivity contribution in [3.63, 3.8) is 0 Å². The molecule has 0 bridgehead atoms. The number of methoxy groups -OCH3 is 1. The van der Waals surface area contributed by atoms with Crippen LogP contribution in [0.25, 0.3) is 0 Å². The Hall–Kier alpha value is -1.92. The van der Waals surface area contributed by atoms with Gasteiger partial charge in [-0.05, 0) is 30.5 Å². The number of urea groups is 1. The number of carbonyl (C=O) groups is 2. The summed E-state index contributed by atoms with van der Waals surface area (Å²) in [4.78, 5) is 25.3. The molecule has 0 aromatic heterocycles. The van der Waals surface area contributed by atoms with Gasteiger partial charge in [-0.15, -0.1) is 0 Å². The fourth-order valence-electron chi connectivity index (χ4n) is 2.18. The molecule has 1 atom stereocenters. The van der Waals surface area contributed by atoms with Crippen LogP contribution in [0.5, 0.6) is 0 Å². The highest BCUT2D eigenvalue weighted by molar-refractivity contribution is 6.21. The standard InChI is InChI=1S/C14H19N3O3/c1-20-8-2-3-12-13(18)17(14(19)16-12)11-6-4-10(9-15)5-7-11/h4-7,12H,2-3,8-9,15H2,1H3,(H,16,19). The van der Waals surface area contributed by atoms with Crippen LogP contribution in [0.2, 0.25) is 0 Å². The Bertz CT molecular complexity index is 487. The second-order valence-electron chi connectivity index (χ2n) is 4.68. The number of hydrogen-bond donors (Lipinski definition) is 2. The van der Waals surface area contributed by atoms with E-state index < -0.39 is 6.04 Å². The van der Waals surface area contributed by atoms with Crippen LogP contribution in [0.1, 0.15) is 18.4 Å². The Morgan fingerprint density at radius 2 is 2.00 bits per heavy atom. The zero-order valence-corrected chi connectivity index (χ0v) is 11.5. The first-order chi connectivity index (χ1) is 9.67. The first-order valence-electron chi connectivity index (χ1n) is 6.59. The molecule has 1 aliphatic rings. The van der Waals surface area contributed by atoms with Crippen molar-refractivity contribution in [2.45, 2.75) is 25.4 Å². The third kappa shape index (κ3) is 2.97. The molecule has 20 heavy (non-hydrogen) atoms. The molecule has 1 fully saturated rings. The lowest BCUT2D eigenvalue weighted by Gasteiger charge is -2.13. The van der Waals surface area contributed by atoms with E-state index in [4.69, 9.17) is 10.5 Å². The van der Waals surface area contributed by atoms with Gasteiger partial charge in [-0.3, -0.25) is 4.79 Å². The summed E-state index contributed by atoms with van der Waals surface area (Å²) in [6, 6.07) is 6.25. The maximum Gasteiger partial charge on any atom is 0.329 e. The zero-order valence-electron chi connectivity index (χ0n) is 11.5. The average molecular weight is 277 g/mol. The molecule has 3 N–H and O–H groups in total. The van der Waals surface area contributed by atoms with Crippen LogP contribution < -0.4 is 16.0 Å². The van der Waals surface area contributed by atoms with Gasteiger partial charge in [0.05, 0.1) is 5.69 Å². The average Bonchev–Trinajstić information content (AvgIpc) is 2.74. The predicted molar refractivity (Wildman–Crippen MR) is 75.2 cm³/mol. The van der Waals surface area contributed by atoms with Crippen molar-refractivity contribution in [1.29, 1.82) is 0 Å². The smallest absolute Gasteiger partial charge is 0.329 e. The minimum absolute atomic E-state index is 0.216. The van der Waals surface area contributed by atoms with Crippen molar-refractivity contribution >= 4 is 17.6 Å². The lowest BCUT2D eigenvalue weighted by Crippen LogP contribution is -2.31. The summed E-state index contributed by atoms with van der Waals surface area (Å²) in [5.41, 5.74) is 7.05. The van der Waals surface area contributed by atoms with E-state index in [0.717, 1.165) is 12.0 Å². The molecular weight excluding hydrogens is 258 g/mol. The number of nitrogens with one attached hydrogen (secondary N) is 1. The Morgan fingerprint density at radius 3 is 2.60 bits per heavy atom. The Balaban J connectivity index is 2.07. The molecule has 0 radical (unpaired) electrons. The summed E-state index contributed by atoms with van der Waals surface area (Å²) in [5.74, 6) is -0.216. The van der Waals surface area contributed by atoms with Gasteiger partial charge < -0.3 is 15.8 Å². The van der Waals surface area contributed by atoms with E-state index in [1.807, 2.05) is 12.1 Å². The molecule has 2 rings (SSSR count). The van der Waals surface area contributed by atoms with Crippen LogP contribution in [-0.2, 0) is 16.1 Å². The van der Waals surface area contributed by atoms with E-state index in [9.17, 15) is 9.59 Å². The summed E-state index contributed by atoms with van der Waals surface area (Å²) < 4.78 is 4.95. The predicted octanol–water partition coefficient (Wildman–Crippen LogP) is 0.997. The summed E-state index contributed by atoms with van der Waals surface area (Å²) in [5, 5.41) is 2.70. The van der Waals surface area contributed by atoms with Gasteiger partial charge in [0.25, 0.3) is 5.91 Å². The molecular formula is C14H19N3O3. The fraction of sp³-hybridized carbons (Fsp3) is 0.429. The van der Waals surface area contributed by atoms with Crippen LogP contribution in [-0.4, -0.2) is 31.7 Å². The number of imide groups is 1. The number of hydrogen-bond acceptors (Lipinski definition) is 4. The van der Waals surface area contributed by atoms with E-state index in [1.165, 1.54) is 4.90 Å². The van der Waals surface area contributed by atoms with Gasteiger partial charge in [0.1, 0.15) is 6.04 Å². The topological polar surface area (TPSA) is 84.7 Å². The lowest BCUT2D eigenvalue weighted by molar-refractivity contribution is -0.118. The normalized spacial score (nSPS) is 18.5. The fourth-order valence-corrected chi connectivity index (χ4v) is 2.18. The molecule has 1 aromatic rings. The van der Waals surface area contributed by atoms with Crippen molar-refractivity contribution < 1.29 is 14.3 Å². The Labute approximate surface area is 117 Å². The summed E-state index contributed by atoms with van der Waals surface area (Å²) in [6.07, 6.45) is 1.31. The quantitative estimate of drug-likeness (QED) is 0.600. The van der Waals surface area contributed by atoms with Crippen LogP contribution in [0, 0.1) is 0 Å². The lowest BCUT2D eigenvalue weighted by atomic mass is 10.1. The Morgan fingerprint density at radius 1 is 1.30 bits per heavy atom. The minimum Gasteiger partial charge on any atom is -0.385 e. The minimum atomic E-state index is -0.466. The first-order valence-corrected chi connectivity index (χ1v) is 6.59. The highest BCUT2D eigenvalue weighted by Crippen LogP contribution is 2.21. The van der Waals surface area contributed by atoms with Crippen molar-refractivity contribution in [2.75, 3.05) is 18.6 Å². The maximum atomic E-state index is 12.2. The number of anilines is 1.